The summed E-state index contributed by atoms with van der Waals surface area (Å²) in [7, 11) is 0. The summed E-state index contributed by atoms with van der Waals surface area (Å²) in [6.45, 7) is 6.82. The first-order valence-electron chi connectivity index (χ1n) is 5.76. The fourth-order valence-corrected chi connectivity index (χ4v) is 2.23. The number of para-hydroxylation sites is 2. The number of rotatable bonds is 0. The maximum Gasteiger partial charge on any atom is 0.412 e. The summed E-state index contributed by atoms with van der Waals surface area (Å²) in [6.07, 6.45) is -0.890. The average molecular weight is 234 g/mol. The van der Waals surface area contributed by atoms with Crippen molar-refractivity contribution >= 4 is 17.5 Å². The first-order chi connectivity index (χ1) is 7.91. The number of nitrogens with zero attached hydrogens (tertiary/aromatic N) is 1. The predicted octanol–water partition coefficient (Wildman–Crippen LogP) is 3.01. The first-order valence-corrected chi connectivity index (χ1v) is 5.76. The third kappa shape index (κ3) is 2.07. The Morgan fingerprint density at radius 1 is 1.41 bits per heavy atom. The molecule has 1 heterocycles. The molecule has 1 atom stereocenters. The molecule has 17 heavy (non-hydrogen) atoms. The Bertz CT molecular complexity index is 437. The van der Waals surface area contributed by atoms with Crippen molar-refractivity contribution in [3.05, 3.63) is 24.3 Å². The van der Waals surface area contributed by atoms with Gasteiger partial charge in [0.2, 0.25) is 0 Å². The van der Waals surface area contributed by atoms with E-state index in [4.69, 9.17) is 0 Å². The Kier molecular flexibility index (Phi) is 2.73. The molecule has 1 aliphatic heterocycles. The molecule has 4 heteroatoms. The third-order valence-electron chi connectivity index (χ3n) is 3.17. The van der Waals surface area contributed by atoms with E-state index in [0.29, 0.717) is 6.54 Å². The van der Waals surface area contributed by atoms with E-state index >= 15 is 0 Å². The number of hydrogen-bond donors (Lipinski definition) is 2. The van der Waals surface area contributed by atoms with Crippen LogP contribution in [0.15, 0.2) is 24.3 Å². The fraction of sp³-hybridized carbons (Fsp3) is 0.462. The highest BCUT2D eigenvalue weighted by atomic mass is 16.4. The summed E-state index contributed by atoms with van der Waals surface area (Å²) in [5, 5.41) is 12.7. The van der Waals surface area contributed by atoms with Gasteiger partial charge in [0.05, 0.1) is 17.4 Å². The van der Waals surface area contributed by atoms with Crippen molar-refractivity contribution in [2.45, 2.75) is 26.8 Å². The fourth-order valence-electron chi connectivity index (χ4n) is 2.23. The van der Waals surface area contributed by atoms with Crippen LogP contribution in [0.25, 0.3) is 0 Å². The quantitative estimate of drug-likeness (QED) is 0.725. The average Bonchev–Trinajstić information content (AvgIpc) is 2.26. The molecule has 0 radical (unpaired) electrons. The minimum absolute atomic E-state index is 0.0603. The topological polar surface area (TPSA) is 52.6 Å². The zero-order valence-electron chi connectivity index (χ0n) is 10.4. The van der Waals surface area contributed by atoms with E-state index in [2.05, 4.69) is 26.1 Å². The molecule has 0 aromatic heterocycles. The first kappa shape index (κ1) is 11.8. The summed E-state index contributed by atoms with van der Waals surface area (Å²) in [4.78, 5) is 13.0. The molecule has 1 amide bonds. The van der Waals surface area contributed by atoms with Gasteiger partial charge in [0.25, 0.3) is 0 Å². The second-order valence-electron chi connectivity index (χ2n) is 5.43. The molecule has 0 saturated heterocycles. The molecule has 0 spiro atoms. The van der Waals surface area contributed by atoms with Crippen LogP contribution >= 0.6 is 0 Å². The van der Waals surface area contributed by atoms with Gasteiger partial charge in [-0.05, 0) is 17.5 Å². The van der Waals surface area contributed by atoms with Crippen LogP contribution in [-0.2, 0) is 0 Å². The molecule has 2 rings (SSSR count). The molecule has 0 fully saturated rings. The highest BCUT2D eigenvalue weighted by Crippen LogP contribution is 2.37. The predicted molar refractivity (Wildman–Crippen MR) is 68.7 cm³/mol. The van der Waals surface area contributed by atoms with Crippen LogP contribution in [0.3, 0.4) is 0 Å². The molecule has 0 saturated carbocycles. The third-order valence-corrected chi connectivity index (χ3v) is 3.17. The Hall–Kier alpha value is -1.71. The summed E-state index contributed by atoms with van der Waals surface area (Å²) in [6, 6.07) is 7.46. The smallest absolute Gasteiger partial charge is 0.412 e. The van der Waals surface area contributed by atoms with Crippen molar-refractivity contribution in [2.24, 2.45) is 5.41 Å². The number of hydrogen-bond acceptors (Lipinski definition) is 2. The lowest BCUT2D eigenvalue weighted by Crippen LogP contribution is -2.53. The number of fused-ring (bicyclic) bond motifs is 1. The Morgan fingerprint density at radius 3 is 2.65 bits per heavy atom. The van der Waals surface area contributed by atoms with Crippen LogP contribution in [-0.4, -0.2) is 23.8 Å². The molecule has 92 valence electrons. The largest absolute Gasteiger partial charge is 0.465 e. The second-order valence-corrected chi connectivity index (χ2v) is 5.43. The molecule has 0 bridgehead atoms. The molecule has 0 aliphatic carbocycles. The van der Waals surface area contributed by atoms with Crippen molar-refractivity contribution in [2.75, 3.05) is 16.8 Å². The lowest BCUT2D eigenvalue weighted by atomic mass is 9.84. The standard InChI is InChI=1S/C13H18N2O2/c1-13(2,3)11-8-14-9-6-4-5-7-10(9)15(11)12(16)17/h4-7,11,14H,8H2,1-3H3,(H,16,17). The molecule has 1 unspecified atom stereocenters. The van der Waals surface area contributed by atoms with Gasteiger partial charge in [0.1, 0.15) is 0 Å². The van der Waals surface area contributed by atoms with Crippen LogP contribution in [0, 0.1) is 5.41 Å². The van der Waals surface area contributed by atoms with E-state index in [-0.39, 0.29) is 11.5 Å². The summed E-state index contributed by atoms with van der Waals surface area (Å²) in [5.74, 6) is 0. The van der Waals surface area contributed by atoms with Crippen molar-refractivity contribution in [3.8, 4) is 0 Å². The molecular formula is C13H18N2O2. The van der Waals surface area contributed by atoms with Crippen molar-refractivity contribution < 1.29 is 9.90 Å². The second kappa shape index (κ2) is 3.95. The minimum atomic E-state index is -0.890. The zero-order chi connectivity index (χ0) is 12.6. The van der Waals surface area contributed by atoms with Crippen LogP contribution in [0.1, 0.15) is 20.8 Å². The Labute approximate surface area is 101 Å². The summed E-state index contributed by atoms with van der Waals surface area (Å²) >= 11 is 0. The van der Waals surface area contributed by atoms with Gasteiger partial charge in [0, 0.05) is 6.54 Å². The maximum atomic E-state index is 11.5. The Morgan fingerprint density at radius 2 is 2.06 bits per heavy atom. The highest BCUT2D eigenvalue weighted by Gasteiger charge is 2.37. The van der Waals surface area contributed by atoms with Gasteiger partial charge in [-0.3, -0.25) is 4.90 Å². The van der Waals surface area contributed by atoms with Gasteiger partial charge >= 0.3 is 6.09 Å². The van der Waals surface area contributed by atoms with E-state index in [0.717, 1.165) is 11.4 Å². The molecule has 1 aliphatic rings. The highest BCUT2D eigenvalue weighted by molar-refractivity contribution is 5.93. The van der Waals surface area contributed by atoms with Gasteiger partial charge in [-0.1, -0.05) is 32.9 Å². The molecule has 4 nitrogen and oxygen atoms in total. The molecule has 1 aromatic carbocycles. The number of anilines is 2. The van der Waals surface area contributed by atoms with E-state index < -0.39 is 6.09 Å². The normalized spacial score (nSPS) is 19.5. The van der Waals surface area contributed by atoms with Crippen molar-refractivity contribution in [3.63, 3.8) is 0 Å². The van der Waals surface area contributed by atoms with Crippen LogP contribution in [0.5, 0.6) is 0 Å². The number of benzene rings is 1. The minimum Gasteiger partial charge on any atom is -0.465 e. The van der Waals surface area contributed by atoms with Crippen molar-refractivity contribution in [1.29, 1.82) is 0 Å². The van der Waals surface area contributed by atoms with Gasteiger partial charge < -0.3 is 10.4 Å². The van der Waals surface area contributed by atoms with Crippen LogP contribution in [0.2, 0.25) is 0 Å². The SMILES string of the molecule is CC(C)(C)C1CNc2ccccc2N1C(=O)O. The van der Waals surface area contributed by atoms with E-state index in [9.17, 15) is 9.90 Å². The van der Waals surface area contributed by atoms with E-state index in [1.54, 1.807) is 0 Å². The monoisotopic (exact) mass is 234 g/mol. The number of carboxylic acid groups (broad SMARTS) is 1. The molecule has 1 aromatic rings. The lowest BCUT2D eigenvalue weighted by Gasteiger charge is -2.42. The van der Waals surface area contributed by atoms with Crippen LogP contribution < -0.4 is 10.2 Å². The van der Waals surface area contributed by atoms with Gasteiger partial charge in [-0.25, -0.2) is 4.79 Å². The van der Waals surface area contributed by atoms with E-state index in [1.165, 1.54) is 4.90 Å². The maximum absolute atomic E-state index is 11.5. The van der Waals surface area contributed by atoms with Crippen LogP contribution in [0.4, 0.5) is 16.2 Å². The number of nitrogens with one attached hydrogen (secondary N) is 1. The van der Waals surface area contributed by atoms with Gasteiger partial charge in [0.15, 0.2) is 0 Å². The summed E-state index contributed by atoms with van der Waals surface area (Å²) in [5.41, 5.74) is 1.53. The molecular weight excluding hydrogens is 216 g/mol. The zero-order valence-corrected chi connectivity index (χ0v) is 10.4. The molecule has 2 N–H and O–H groups in total. The summed E-state index contributed by atoms with van der Waals surface area (Å²) < 4.78 is 0. The number of carbonyl (C=O) groups is 1. The number of amides is 1. The van der Waals surface area contributed by atoms with Gasteiger partial charge in [-0.2, -0.15) is 0 Å². The lowest BCUT2D eigenvalue weighted by molar-refractivity contribution is 0.190. The van der Waals surface area contributed by atoms with Crippen molar-refractivity contribution in [1.82, 2.24) is 0 Å². The van der Waals surface area contributed by atoms with E-state index in [1.807, 2.05) is 24.3 Å². The Balaban J connectivity index is 2.47. The van der Waals surface area contributed by atoms with Gasteiger partial charge in [-0.15, -0.1) is 0 Å².